The molecule has 0 bridgehead atoms. The van der Waals surface area contributed by atoms with Crippen molar-refractivity contribution in [2.24, 2.45) is 4.99 Å². The van der Waals surface area contributed by atoms with Crippen molar-refractivity contribution in [2.75, 3.05) is 0 Å². The van der Waals surface area contributed by atoms with Gasteiger partial charge in [0.2, 0.25) is 5.88 Å². The van der Waals surface area contributed by atoms with Gasteiger partial charge in [-0.2, -0.15) is 0 Å². The summed E-state index contributed by atoms with van der Waals surface area (Å²) in [6.07, 6.45) is 0. The molecule has 3 aromatic carbocycles. The Bertz CT molecular complexity index is 1430. The highest BCUT2D eigenvalue weighted by Crippen LogP contribution is 2.36. The Morgan fingerprint density at radius 3 is 2.59 bits per heavy atom. The molecule has 130 valence electrons. The lowest BCUT2D eigenvalue weighted by Gasteiger charge is -2.09. The number of para-hydroxylation sites is 1. The van der Waals surface area contributed by atoms with Crippen molar-refractivity contribution >= 4 is 45.8 Å². The first-order chi connectivity index (χ1) is 13.1. The van der Waals surface area contributed by atoms with Crippen molar-refractivity contribution in [3.05, 3.63) is 86.1 Å². The number of carbonyl (C=O) groups is 1. The maximum atomic E-state index is 12.5. The van der Waals surface area contributed by atoms with Crippen LogP contribution < -0.4 is 10.6 Å². The molecule has 1 aliphatic heterocycles. The first-order valence-electron chi connectivity index (χ1n) is 8.31. The van der Waals surface area contributed by atoms with Crippen LogP contribution in [0.4, 0.5) is 0 Å². The van der Waals surface area contributed by atoms with Crippen molar-refractivity contribution in [1.29, 1.82) is 0 Å². The standard InChI is InChI=1S/C21H12N2O2S2/c24-19-17(14-9-3-4-10-15(14)22-19)18-20(25)23(21(26)27-18)16-11-5-7-12-6-1-2-8-13(12)16/h1-11,25H. The minimum absolute atomic E-state index is 0.0309. The largest absolute Gasteiger partial charge is 0.493 e. The summed E-state index contributed by atoms with van der Waals surface area (Å²) < 4.78 is 2.10. The molecule has 4 aromatic rings. The second-order valence-electron chi connectivity index (χ2n) is 6.16. The molecule has 0 aliphatic carbocycles. The third-order valence-corrected chi connectivity index (χ3v) is 6.01. The number of hydrogen-bond acceptors (Lipinski definition) is 4. The number of nitrogens with zero attached hydrogens (tertiary/aromatic N) is 2. The molecule has 1 amide bonds. The minimum Gasteiger partial charge on any atom is -0.493 e. The third kappa shape index (κ3) is 2.38. The summed E-state index contributed by atoms with van der Waals surface area (Å²) >= 11 is 6.76. The van der Waals surface area contributed by atoms with Crippen LogP contribution in [-0.4, -0.2) is 15.6 Å². The van der Waals surface area contributed by atoms with Crippen LogP contribution in [0.5, 0.6) is 5.88 Å². The van der Waals surface area contributed by atoms with Crippen LogP contribution in [0, 0.1) is 3.95 Å². The molecule has 1 aromatic heterocycles. The van der Waals surface area contributed by atoms with Gasteiger partial charge in [0, 0.05) is 10.6 Å². The summed E-state index contributed by atoms with van der Waals surface area (Å²) in [5, 5.41) is 14.4. The molecule has 0 fully saturated rings. The monoisotopic (exact) mass is 388 g/mol. The summed E-state index contributed by atoms with van der Waals surface area (Å²) in [5.41, 5.74) is 1.19. The topological polar surface area (TPSA) is 54.6 Å². The number of carbonyl (C=O) groups excluding carboxylic acids is 1. The molecule has 27 heavy (non-hydrogen) atoms. The molecule has 1 aliphatic rings. The number of amides is 1. The van der Waals surface area contributed by atoms with E-state index in [4.69, 9.17) is 12.2 Å². The van der Waals surface area contributed by atoms with Crippen molar-refractivity contribution in [3.8, 4) is 11.6 Å². The van der Waals surface area contributed by atoms with E-state index in [9.17, 15) is 9.90 Å². The van der Waals surface area contributed by atoms with Gasteiger partial charge in [0.05, 0.1) is 16.6 Å². The quantitative estimate of drug-likeness (QED) is 0.535. The van der Waals surface area contributed by atoms with Gasteiger partial charge < -0.3 is 5.11 Å². The number of hydrogen-bond donors (Lipinski definition) is 1. The average molecular weight is 388 g/mol. The van der Waals surface area contributed by atoms with E-state index in [0.29, 0.717) is 19.8 Å². The van der Waals surface area contributed by atoms with E-state index in [1.807, 2.05) is 60.7 Å². The fraction of sp³-hybridized carbons (Fsp3) is 0. The number of aromatic hydroxyl groups is 1. The van der Waals surface area contributed by atoms with Crippen LogP contribution in [0.2, 0.25) is 0 Å². The maximum absolute atomic E-state index is 12.5. The predicted octanol–water partition coefficient (Wildman–Crippen LogP) is 3.49. The second-order valence-corrected chi connectivity index (χ2v) is 7.81. The summed E-state index contributed by atoms with van der Waals surface area (Å²) in [6.45, 7) is 0. The van der Waals surface area contributed by atoms with Crippen LogP contribution in [0.15, 0.2) is 71.7 Å². The van der Waals surface area contributed by atoms with Gasteiger partial charge in [0.1, 0.15) is 4.88 Å². The molecule has 0 unspecified atom stereocenters. The first-order valence-corrected chi connectivity index (χ1v) is 9.53. The van der Waals surface area contributed by atoms with Crippen LogP contribution >= 0.6 is 23.6 Å². The summed E-state index contributed by atoms with van der Waals surface area (Å²) in [5.74, 6) is -0.385. The summed E-state index contributed by atoms with van der Waals surface area (Å²) in [6, 6.07) is 21.1. The minimum atomic E-state index is -0.354. The van der Waals surface area contributed by atoms with Gasteiger partial charge >= 0.3 is 0 Å². The fourth-order valence-corrected chi connectivity index (χ4v) is 4.80. The highest BCUT2D eigenvalue weighted by Gasteiger charge is 2.25. The van der Waals surface area contributed by atoms with Gasteiger partial charge in [-0.1, -0.05) is 54.6 Å². The SMILES string of the molecule is O=C1N=c2ccccc2=C1c1sc(=S)n(-c2cccc3ccccc23)c1O. The molecule has 0 radical (unpaired) electrons. The van der Waals surface area contributed by atoms with Gasteiger partial charge in [0.25, 0.3) is 5.91 Å². The normalized spacial score (nSPS) is 13.0. The Labute approximate surface area is 163 Å². The Morgan fingerprint density at radius 2 is 1.70 bits per heavy atom. The van der Waals surface area contributed by atoms with Gasteiger partial charge in [0.15, 0.2) is 3.95 Å². The molecule has 0 saturated carbocycles. The van der Waals surface area contributed by atoms with E-state index in [0.717, 1.165) is 21.7 Å². The Hall–Kier alpha value is -3.09. The molecule has 0 saturated heterocycles. The van der Waals surface area contributed by atoms with Crippen LogP contribution in [0.1, 0.15) is 4.88 Å². The predicted molar refractivity (Wildman–Crippen MR) is 108 cm³/mol. The molecule has 0 atom stereocenters. The Balaban J connectivity index is 1.83. The second kappa shape index (κ2) is 5.97. The van der Waals surface area contributed by atoms with Crippen LogP contribution in [0.25, 0.3) is 22.0 Å². The van der Waals surface area contributed by atoms with Crippen molar-refractivity contribution in [1.82, 2.24) is 4.57 Å². The third-order valence-electron chi connectivity index (χ3n) is 4.63. The highest BCUT2D eigenvalue weighted by atomic mass is 32.1. The lowest BCUT2D eigenvalue weighted by molar-refractivity contribution is -0.112. The zero-order valence-electron chi connectivity index (χ0n) is 13.9. The molecule has 5 rings (SSSR count). The zero-order valence-corrected chi connectivity index (χ0v) is 15.6. The van der Waals surface area contributed by atoms with E-state index in [1.54, 1.807) is 10.6 Å². The van der Waals surface area contributed by atoms with E-state index < -0.39 is 0 Å². The number of benzene rings is 3. The maximum Gasteiger partial charge on any atom is 0.279 e. The number of rotatable bonds is 2. The molecular formula is C21H12N2O2S2. The molecule has 4 nitrogen and oxygen atoms in total. The van der Waals surface area contributed by atoms with Crippen molar-refractivity contribution in [2.45, 2.75) is 0 Å². The number of thiazole rings is 1. The van der Waals surface area contributed by atoms with Crippen molar-refractivity contribution in [3.63, 3.8) is 0 Å². The van der Waals surface area contributed by atoms with E-state index in [2.05, 4.69) is 4.99 Å². The lowest BCUT2D eigenvalue weighted by atomic mass is 10.1. The molecule has 0 spiro atoms. The van der Waals surface area contributed by atoms with Crippen LogP contribution in [-0.2, 0) is 4.79 Å². The van der Waals surface area contributed by atoms with E-state index in [1.165, 1.54) is 11.3 Å². The number of fused-ring (bicyclic) bond motifs is 2. The van der Waals surface area contributed by atoms with Crippen LogP contribution in [0.3, 0.4) is 0 Å². The smallest absolute Gasteiger partial charge is 0.279 e. The zero-order chi connectivity index (χ0) is 18.5. The molecular weight excluding hydrogens is 376 g/mol. The van der Waals surface area contributed by atoms with Gasteiger partial charge in [-0.05, 0) is 29.7 Å². The Morgan fingerprint density at radius 1 is 0.963 bits per heavy atom. The lowest BCUT2D eigenvalue weighted by Crippen LogP contribution is -2.22. The highest BCUT2D eigenvalue weighted by molar-refractivity contribution is 7.73. The summed E-state index contributed by atoms with van der Waals surface area (Å²) in [4.78, 5) is 17.0. The molecule has 1 N–H and O–H groups in total. The molecule has 2 heterocycles. The average Bonchev–Trinajstić information content (AvgIpc) is 3.16. The number of aromatic nitrogens is 1. The van der Waals surface area contributed by atoms with Crippen molar-refractivity contribution < 1.29 is 9.90 Å². The summed E-state index contributed by atoms with van der Waals surface area (Å²) in [7, 11) is 0. The Kier molecular flexibility index (Phi) is 3.56. The fourth-order valence-electron chi connectivity index (χ4n) is 3.43. The first kappa shape index (κ1) is 16.1. The molecule has 6 heteroatoms. The van der Waals surface area contributed by atoms with Gasteiger partial charge in [-0.25, -0.2) is 4.99 Å². The van der Waals surface area contributed by atoms with Gasteiger partial charge in [-0.15, -0.1) is 11.3 Å². The van der Waals surface area contributed by atoms with E-state index >= 15 is 0 Å². The van der Waals surface area contributed by atoms with E-state index in [-0.39, 0.29) is 11.8 Å². The van der Waals surface area contributed by atoms with Gasteiger partial charge in [-0.3, -0.25) is 9.36 Å².